The number of rotatable bonds is 3. The van der Waals surface area contributed by atoms with E-state index < -0.39 is 12.0 Å². The van der Waals surface area contributed by atoms with E-state index in [0.29, 0.717) is 18.0 Å². The summed E-state index contributed by atoms with van der Waals surface area (Å²) in [5.41, 5.74) is 0.813. The van der Waals surface area contributed by atoms with Crippen molar-refractivity contribution in [3.8, 4) is 0 Å². The highest BCUT2D eigenvalue weighted by Gasteiger charge is 2.36. The Morgan fingerprint density at radius 2 is 2.21 bits per heavy atom. The lowest BCUT2D eigenvalue weighted by Gasteiger charge is -2.25. The van der Waals surface area contributed by atoms with Crippen LogP contribution in [0, 0.1) is 0 Å². The van der Waals surface area contributed by atoms with Crippen molar-refractivity contribution in [2.24, 2.45) is 0 Å². The molecule has 0 radical (unpaired) electrons. The predicted molar refractivity (Wildman–Crippen MR) is 72.2 cm³/mol. The van der Waals surface area contributed by atoms with Crippen LogP contribution in [0.15, 0.2) is 24.3 Å². The van der Waals surface area contributed by atoms with Gasteiger partial charge in [-0.05, 0) is 37.5 Å². The highest BCUT2D eigenvalue weighted by molar-refractivity contribution is 6.30. The summed E-state index contributed by atoms with van der Waals surface area (Å²) in [5.74, 6) is -1.45. The van der Waals surface area contributed by atoms with E-state index in [2.05, 4.69) is 0 Å². The second kappa shape index (κ2) is 5.61. The Morgan fingerprint density at radius 3 is 2.84 bits per heavy atom. The van der Waals surface area contributed by atoms with E-state index in [0.717, 1.165) is 12.0 Å². The van der Waals surface area contributed by atoms with Crippen LogP contribution in [-0.4, -0.2) is 34.5 Å². The van der Waals surface area contributed by atoms with Gasteiger partial charge in [0.15, 0.2) is 0 Å². The molecule has 2 atom stereocenters. The van der Waals surface area contributed by atoms with Crippen LogP contribution in [0.1, 0.15) is 31.2 Å². The van der Waals surface area contributed by atoms with E-state index in [1.165, 1.54) is 4.90 Å². The Hall–Kier alpha value is -1.55. The van der Waals surface area contributed by atoms with E-state index >= 15 is 0 Å². The zero-order chi connectivity index (χ0) is 14.0. The molecule has 0 aromatic heterocycles. The summed E-state index contributed by atoms with van der Waals surface area (Å²) in [5, 5.41) is 9.69. The summed E-state index contributed by atoms with van der Waals surface area (Å²) >= 11 is 5.91. The van der Waals surface area contributed by atoms with Crippen molar-refractivity contribution < 1.29 is 14.7 Å². The molecule has 0 aliphatic carbocycles. The van der Waals surface area contributed by atoms with E-state index in [1.54, 1.807) is 25.1 Å². The molecule has 1 aromatic carbocycles. The minimum atomic E-state index is -0.927. The first kappa shape index (κ1) is 13.9. The van der Waals surface area contributed by atoms with Gasteiger partial charge in [-0.2, -0.15) is 0 Å². The topological polar surface area (TPSA) is 57.6 Å². The van der Waals surface area contributed by atoms with E-state index in [1.807, 2.05) is 6.07 Å². The average molecular weight is 282 g/mol. The maximum absolute atomic E-state index is 12.4. The minimum Gasteiger partial charge on any atom is -0.480 e. The van der Waals surface area contributed by atoms with Crippen molar-refractivity contribution in [2.45, 2.75) is 31.7 Å². The SMILES string of the molecule is CC(C(=O)N1CCC[C@H]1C(=O)O)c1cccc(Cl)c1. The van der Waals surface area contributed by atoms with Gasteiger partial charge in [-0.3, -0.25) is 4.79 Å². The molecule has 1 fully saturated rings. The van der Waals surface area contributed by atoms with Crippen LogP contribution >= 0.6 is 11.6 Å². The quantitative estimate of drug-likeness (QED) is 0.926. The number of halogens is 1. The standard InChI is InChI=1S/C14H16ClNO3/c1-9(10-4-2-5-11(15)8-10)13(17)16-7-3-6-12(16)14(18)19/h2,4-5,8-9,12H,3,6-7H2,1H3,(H,18,19)/t9?,12-/m0/s1. The van der Waals surface area contributed by atoms with Crippen LogP contribution in [0.2, 0.25) is 5.02 Å². The number of carboxylic acids is 1. The van der Waals surface area contributed by atoms with E-state index in [9.17, 15) is 9.59 Å². The van der Waals surface area contributed by atoms with Gasteiger partial charge in [-0.25, -0.2) is 4.79 Å². The molecule has 102 valence electrons. The van der Waals surface area contributed by atoms with Crippen molar-refractivity contribution in [2.75, 3.05) is 6.54 Å². The molecule has 2 rings (SSSR count). The molecule has 1 unspecified atom stereocenters. The molecule has 1 N–H and O–H groups in total. The maximum atomic E-state index is 12.4. The van der Waals surface area contributed by atoms with Gasteiger partial charge in [0.2, 0.25) is 5.91 Å². The molecule has 1 amide bonds. The summed E-state index contributed by atoms with van der Waals surface area (Å²) in [6.45, 7) is 2.30. The Bertz CT molecular complexity index is 503. The third-order valence-electron chi connectivity index (χ3n) is 3.54. The van der Waals surface area contributed by atoms with Crippen LogP contribution in [-0.2, 0) is 9.59 Å². The number of hydrogen-bond donors (Lipinski definition) is 1. The third kappa shape index (κ3) is 2.89. The summed E-state index contributed by atoms with van der Waals surface area (Å²) in [6.07, 6.45) is 1.27. The first-order valence-electron chi connectivity index (χ1n) is 6.29. The first-order valence-corrected chi connectivity index (χ1v) is 6.67. The second-order valence-electron chi connectivity index (χ2n) is 4.80. The van der Waals surface area contributed by atoms with Crippen LogP contribution in [0.5, 0.6) is 0 Å². The van der Waals surface area contributed by atoms with Crippen molar-refractivity contribution >= 4 is 23.5 Å². The summed E-state index contributed by atoms with van der Waals surface area (Å²) < 4.78 is 0. The lowest BCUT2D eigenvalue weighted by molar-refractivity contribution is -0.148. The Balaban J connectivity index is 2.17. The zero-order valence-electron chi connectivity index (χ0n) is 10.7. The minimum absolute atomic E-state index is 0.146. The van der Waals surface area contributed by atoms with Crippen LogP contribution < -0.4 is 0 Å². The first-order chi connectivity index (χ1) is 9.00. The largest absolute Gasteiger partial charge is 0.480 e. The molecule has 0 saturated carbocycles. The second-order valence-corrected chi connectivity index (χ2v) is 5.24. The number of carbonyl (C=O) groups is 2. The molecule has 1 heterocycles. The van der Waals surface area contributed by atoms with E-state index in [4.69, 9.17) is 16.7 Å². The third-order valence-corrected chi connectivity index (χ3v) is 3.78. The molecular weight excluding hydrogens is 266 g/mol. The fourth-order valence-corrected chi connectivity index (χ4v) is 2.65. The Morgan fingerprint density at radius 1 is 1.47 bits per heavy atom. The van der Waals surface area contributed by atoms with Gasteiger partial charge >= 0.3 is 5.97 Å². The highest BCUT2D eigenvalue weighted by Crippen LogP contribution is 2.26. The van der Waals surface area contributed by atoms with Crippen molar-refractivity contribution in [1.29, 1.82) is 0 Å². The lowest BCUT2D eigenvalue weighted by atomic mass is 9.99. The Kier molecular flexibility index (Phi) is 4.10. The van der Waals surface area contributed by atoms with Crippen molar-refractivity contribution in [1.82, 2.24) is 4.90 Å². The van der Waals surface area contributed by atoms with Gasteiger partial charge in [-0.1, -0.05) is 23.7 Å². The number of carboxylic acid groups (broad SMARTS) is 1. The molecule has 0 bridgehead atoms. The molecule has 5 heteroatoms. The monoisotopic (exact) mass is 281 g/mol. The molecule has 1 aliphatic rings. The summed E-state index contributed by atoms with van der Waals surface area (Å²) in [4.78, 5) is 25.0. The number of aliphatic carboxylic acids is 1. The van der Waals surface area contributed by atoms with Crippen LogP contribution in [0.3, 0.4) is 0 Å². The van der Waals surface area contributed by atoms with Crippen LogP contribution in [0.4, 0.5) is 0 Å². The van der Waals surface area contributed by atoms with Gasteiger partial charge in [-0.15, -0.1) is 0 Å². The van der Waals surface area contributed by atoms with Gasteiger partial charge in [0.1, 0.15) is 6.04 Å². The molecular formula is C14H16ClNO3. The highest BCUT2D eigenvalue weighted by atomic mass is 35.5. The molecule has 1 aromatic rings. The molecule has 4 nitrogen and oxygen atoms in total. The summed E-state index contributed by atoms with van der Waals surface area (Å²) in [6, 6.07) is 6.43. The van der Waals surface area contributed by atoms with E-state index in [-0.39, 0.29) is 11.8 Å². The number of likely N-dealkylation sites (tertiary alicyclic amines) is 1. The number of hydrogen-bond acceptors (Lipinski definition) is 2. The molecule has 19 heavy (non-hydrogen) atoms. The fraction of sp³-hybridized carbons (Fsp3) is 0.429. The Labute approximate surface area is 117 Å². The van der Waals surface area contributed by atoms with Gasteiger partial charge in [0.05, 0.1) is 5.92 Å². The number of carbonyl (C=O) groups excluding carboxylic acids is 1. The van der Waals surface area contributed by atoms with Crippen molar-refractivity contribution in [3.63, 3.8) is 0 Å². The van der Waals surface area contributed by atoms with Gasteiger partial charge in [0, 0.05) is 11.6 Å². The smallest absolute Gasteiger partial charge is 0.326 e. The normalized spacial score (nSPS) is 20.3. The maximum Gasteiger partial charge on any atom is 0.326 e. The average Bonchev–Trinajstić information content (AvgIpc) is 2.86. The van der Waals surface area contributed by atoms with Gasteiger partial charge in [0.25, 0.3) is 0 Å². The molecule has 1 aliphatic heterocycles. The molecule has 1 saturated heterocycles. The number of benzene rings is 1. The van der Waals surface area contributed by atoms with Crippen molar-refractivity contribution in [3.05, 3.63) is 34.9 Å². The predicted octanol–water partition coefficient (Wildman–Crippen LogP) is 2.52. The summed E-state index contributed by atoms with van der Waals surface area (Å²) in [7, 11) is 0. The fourth-order valence-electron chi connectivity index (χ4n) is 2.45. The molecule has 0 spiro atoms. The lowest BCUT2D eigenvalue weighted by Crippen LogP contribution is -2.42. The number of amides is 1. The van der Waals surface area contributed by atoms with Gasteiger partial charge < -0.3 is 10.0 Å². The van der Waals surface area contributed by atoms with Crippen LogP contribution in [0.25, 0.3) is 0 Å². The zero-order valence-corrected chi connectivity index (χ0v) is 11.4. The number of nitrogens with zero attached hydrogens (tertiary/aromatic N) is 1.